The zero-order valence-corrected chi connectivity index (χ0v) is 22.5. The molecule has 0 unspecified atom stereocenters. The van der Waals surface area contributed by atoms with Crippen LogP contribution in [0.4, 0.5) is 11.6 Å². The van der Waals surface area contributed by atoms with Crippen LogP contribution in [-0.2, 0) is 4.74 Å². The lowest BCUT2D eigenvalue weighted by atomic mass is 10.1. The zero-order chi connectivity index (χ0) is 26.0. The number of allylic oxidation sites excluding steroid dienone is 3. The van der Waals surface area contributed by atoms with E-state index < -0.39 is 0 Å². The summed E-state index contributed by atoms with van der Waals surface area (Å²) in [5, 5.41) is 7.96. The van der Waals surface area contributed by atoms with Gasteiger partial charge in [-0.1, -0.05) is 19.9 Å². The molecule has 1 aliphatic carbocycles. The predicted octanol–water partition coefficient (Wildman–Crippen LogP) is 5.31. The van der Waals surface area contributed by atoms with Crippen molar-refractivity contribution in [2.45, 2.75) is 46.5 Å². The van der Waals surface area contributed by atoms with Gasteiger partial charge in [-0.25, -0.2) is 15.0 Å². The molecule has 8 nitrogen and oxygen atoms in total. The second kappa shape index (κ2) is 13.1. The van der Waals surface area contributed by atoms with Crippen molar-refractivity contribution in [3.63, 3.8) is 0 Å². The smallest absolute Gasteiger partial charge is 0.162 e. The Labute approximate surface area is 220 Å². The Morgan fingerprint density at radius 2 is 1.97 bits per heavy atom. The number of anilines is 2. The number of rotatable bonds is 9. The van der Waals surface area contributed by atoms with Crippen LogP contribution in [0.3, 0.4) is 0 Å². The molecule has 1 saturated carbocycles. The maximum absolute atomic E-state index is 5.78. The van der Waals surface area contributed by atoms with Gasteiger partial charge in [0.1, 0.15) is 24.0 Å². The summed E-state index contributed by atoms with van der Waals surface area (Å²) in [7, 11) is 0. The summed E-state index contributed by atoms with van der Waals surface area (Å²) in [5.41, 5.74) is 3.13. The molecule has 2 fully saturated rings. The highest BCUT2D eigenvalue weighted by atomic mass is 16.5. The Hall–Kier alpha value is -3.52. The largest absolute Gasteiger partial charge is 0.492 e. The Bertz CT molecular complexity index is 1230. The number of nitrogens with one attached hydrogen (secondary N) is 2. The van der Waals surface area contributed by atoms with Gasteiger partial charge in [0.2, 0.25) is 0 Å². The van der Waals surface area contributed by atoms with Crippen molar-refractivity contribution >= 4 is 22.5 Å². The molecule has 0 bridgehead atoms. The van der Waals surface area contributed by atoms with Gasteiger partial charge < -0.3 is 20.3 Å². The van der Waals surface area contributed by atoms with E-state index in [9.17, 15) is 0 Å². The third-order valence-corrected chi connectivity index (χ3v) is 6.36. The molecule has 0 radical (unpaired) electrons. The number of hydrogen-bond acceptors (Lipinski definition) is 8. The van der Waals surface area contributed by atoms with Crippen LogP contribution >= 0.6 is 0 Å². The van der Waals surface area contributed by atoms with E-state index in [0.717, 1.165) is 54.7 Å². The first-order valence-corrected chi connectivity index (χ1v) is 13.5. The first-order chi connectivity index (χ1) is 18.3. The van der Waals surface area contributed by atoms with Crippen LogP contribution in [0.2, 0.25) is 0 Å². The Balaban J connectivity index is 0.00000156. The fourth-order valence-electron chi connectivity index (χ4n) is 4.43. The van der Waals surface area contributed by atoms with Gasteiger partial charge in [-0.15, -0.1) is 0 Å². The summed E-state index contributed by atoms with van der Waals surface area (Å²) in [6, 6.07) is 3.97. The van der Waals surface area contributed by atoms with E-state index in [2.05, 4.69) is 25.5 Å². The number of hydrogen-bond donors (Lipinski definition) is 2. The van der Waals surface area contributed by atoms with Crippen LogP contribution in [0.1, 0.15) is 52.0 Å². The fourth-order valence-corrected chi connectivity index (χ4v) is 4.43. The van der Waals surface area contributed by atoms with Crippen LogP contribution in [0.15, 0.2) is 54.7 Å². The van der Waals surface area contributed by atoms with Gasteiger partial charge in [0, 0.05) is 49.5 Å². The van der Waals surface area contributed by atoms with E-state index in [1.807, 2.05) is 70.4 Å². The average Bonchev–Trinajstić information content (AvgIpc) is 3.81. The molecule has 0 spiro atoms. The molecule has 4 heterocycles. The van der Waals surface area contributed by atoms with Crippen molar-refractivity contribution in [1.82, 2.24) is 25.3 Å². The van der Waals surface area contributed by atoms with Gasteiger partial charge in [-0.05, 0) is 62.5 Å². The summed E-state index contributed by atoms with van der Waals surface area (Å²) in [6.07, 6.45) is 14.0. The number of ether oxygens (including phenoxy) is 1. The lowest BCUT2D eigenvalue weighted by molar-refractivity contribution is 0.236. The van der Waals surface area contributed by atoms with Crippen molar-refractivity contribution in [2.24, 2.45) is 0 Å². The first kappa shape index (κ1) is 26.5. The molecule has 5 rings (SSSR count). The molecule has 196 valence electrons. The molecule has 37 heavy (non-hydrogen) atoms. The molecule has 0 atom stereocenters. The predicted molar refractivity (Wildman–Crippen MR) is 152 cm³/mol. The van der Waals surface area contributed by atoms with Crippen LogP contribution in [-0.4, -0.2) is 59.3 Å². The molecule has 3 aromatic heterocycles. The van der Waals surface area contributed by atoms with Crippen molar-refractivity contribution in [3.8, 4) is 11.4 Å². The minimum atomic E-state index is 0.547. The SMILES string of the molecule is C/C=C\C(=C/C)OCCNc1cc(-c2nc(N3CCNCC3)c3c(C4CC4)cncc3n2)ccn1.CC. The van der Waals surface area contributed by atoms with Crippen molar-refractivity contribution in [1.29, 1.82) is 0 Å². The van der Waals surface area contributed by atoms with E-state index in [4.69, 9.17) is 14.7 Å². The third kappa shape index (κ3) is 6.63. The van der Waals surface area contributed by atoms with Crippen LogP contribution in [0.5, 0.6) is 0 Å². The van der Waals surface area contributed by atoms with Gasteiger partial charge in [-0.2, -0.15) is 0 Å². The van der Waals surface area contributed by atoms with Crippen molar-refractivity contribution in [3.05, 3.63) is 60.3 Å². The summed E-state index contributed by atoms with van der Waals surface area (Å²) in [5.74, 6) is 3.94. The molecule has 2 N–H and O–H groups in total. The fraction of sp³-hybridized carbons (Fsp3) is 0.448. The molecular weight excluding hydrogens is 462 g/mol. The van der Waals surface area contributed by atoms with E-state index in [-0.39, 0.29) is 0 Å². The summed E-state index contributed by atoms with van der Waals surface area (Å²) < 4.78 is 5.78. The molecule has 1 aliphatic heterocycles. The second-order valence-corrected chi connectivity index (χ2v) is 8.90. The zero-order valence-electron chi connectivity index (χ0n) is 22.5. The van der Waals surface area contributed by atoms with E-state index >= 15 is 0 Å². The monoisotopic (exact) mass is 501 g/mol. The number of pyridine rings is 2. The molecule has 8 heteroatoms. The summed E-state index contributed by atoms with van der Waals surface area (Å²) in [4.78, 5) is 21.5. The third-order valence-electron chi connectivity index (χ3n) is 6.36. The van der Waals surface area contributed by atoms with Crippen LogP contribution in [0.25, 0.3) is 22.3 Å². The highest BCUT2D eigenvalue weighted by Gasteiger charge is 2.29. The average molecular weight is 502 g/mol. The number of nitrogens with zero attached hydrogens (tertiary/aromatic N) is 5. The Morgan fingerprint density at radius 1 is 1.16 bits per heavy atom. The minimum absolute atomic E-state index is 0.547. The highest BCUT2D eigenvalue weighted by Crippen LogP contribution is 2.44. The maximum Gasteiger partial charge on any atom is 0.162 e. The minimum Gasteiger partial charge on any atom is -0.492 e. The summed E-state index contributed by atoms with van der Waals surface area (Å²) >= 11 is 0. The van der Waals surface area contributed by atoms with Crippen LogP contribution in [0, 0.1) is 0 Å². The second-order valence-electron chi connectivity index (χ2n) is 8.90. The van der Waals surface area contributed by atoms with Gasteiger partial charge in [0.15, 0.2) is 5.82 Å². The van der Waals surface area contributed by atoms with Gasteiger partial charge >= 0.3 is 0 Å². The van der Waals surface area contributed by atoms with Crippen molar-refractivity contribution in [2.75, 3.05) is 49.5 Å². The van der Waals surface area contributed by atoms with Gasteiger partial charge in [0.05, 0.1) is 18.3 Å². The number of piperazine rings is 1. The first-order valence-electron chi connectivity index (χ1n) is 13.5. The van der Waals surface area contributed by atoms with E-state index in [1.54, 1.807) is 6.20 Å². The molecule has 2 aliphatic rings. The molecular formula is C29H39N7O. The standard InChI is InChI=1S/C27H33N7O.C2H6/c1-3-5-21(4-2)35-15-12-31-24-16-20(8-9-30-24)26-32-23-18-29-17-22(19-6-7-19)25(23)27(33-26)34-13-10-28-11-14-34;1-2/h3-5,8-9,16-19,28H,6-7,10-15H2,1-2H3,(H,30,31);1-2H3/b5-3-,21-4+;. The topological polar surface area (TPSA) is 88.1 Å². The number of aromatic nitrogens is 4. The molecule has 0 amide bonds. The Morgan fingerprint density at radius 3 is 2.70 bits per heavy atom. The molecule has 3 aromatic rings. The molecule has 1 saturated heterocycles. The maximum atomic E-state index is 5.78. The van der Waals surface area contributed by atoms with Crippen LogP contribution < -0.4 is 15.5 Å². The normalized spacial score (nSPS) is 16.0. The number of fused-ring (bicyclic) bond motifs is 1. The van der Waals surface area contributed by atoms with Gasteiger partial charge in [-0.3, -0.25) is 4.98 Å². The lowest BCUT2D eigenvalue weighted by Crippen LogP contribution is -2.44. The lowest BCUT2D eigenvalue weighted by Gasteiger charge is -2.30. The van der Waals surface area contributed by atoms with E-state index in [1.165, 1.54) is 23.8 Å². The van der Waals surface area contributed by atoms with Crippen molar-refractivity contribution < 1.29 is 4.74 Å². The summed E-state index contributed by atoms with van der Waals surface area (Å²) in [6.45, 7) is 12.9. The highest BCUT2D eigenvalue weighted by molar-refractivity contribution is 5.94. The molecule has 0 aromatic carbocycles. The Kier molecular flexibility index (Phi) is 9.43. The van der Waals surface area contributed by atoms with E-state index in [0.29, 0.717) is 24.9 Å². The van der Waals surface area contributed by atoms with Gasteiger partial charge in [0.25, 0.3) is 0 Å². The quantitative estimate of drug-likeness (QED) is 0.232.